The van der Waals surface area contributed by atoms with Crippen molar-refractivity contribution in [2.24, 2.45) is 5.92 Å². The summed E-state index contributed by atoms with van der Waals surface area (Å²) in [5, 5.41) is 8.44. The highest BCUT2D eigenvalue weighted by Crippen LogP contribution is 2.18. The maximum Gasteiger partial charge on any atom is 0.307 e. The molecule has 0 spiro atoms. The number of carbonyl (C=O) groups excluding carboxylic acids is 1. The van der Waals surface area contributed by atoms with Crippen molar-refractivity contribution < 1.29 is 14.6 Å². The fraction of sp³-hybridized carbons (Fsp3) is 0.950. The molecule has 0 saturated carbocycles. The van der Waals surface area contributed by atoms with Crippen LogP contribution in [0, 0.1) is 5.92 Å². The second-order valence-corrected chi connectivity index (χ2v) is 6.97. The molecule has 0 aliphatic rings. The van der Waals surface area contributed by atoms with E-state index in [1.165, 1.54) is 77.0 Å². The van der Waals surface area contributed by atoms with Crippen molar-refractivity contribution in [3.05, 3.63) is 0 Å². The van der Waals surface area contributed by atoms with Crippen LogP contribution in [0.2, 0.25) is 0 Å². The van der Waals surface area contributed by atoms with Crippen LogP contribution in [0.3, 0.4) is 0 Å². The Morgan fingerprint density at radius 3 is 1.83 bits per heavy atom. The number of aliphatic hydroxyl groups excluding tert-OH is 1. The average molecular weight is 329 g/mol. The topological polar surface area (TPSA) is 46.5 Å². The smallest absolute Gasteiger partial charge is 0.307 e. The number of rotatable bonds is 17. The molecule has 0 heterocycles. The van der Waals surface area contributed by atoms with Gasteiger partial charge in [0.2, 0.25) is 0 Å². The molecule has 0 aliphatic carbocycles. The molecule has 3 nitrogen and oxygen atoms in total. The molecule has 0 rings (SSSR count). The van der Waals surface area contributed by atoms with E-state index in [-0.39, 0.29) is 5.97 Å². The molecule has 1 unspecified atom stereocenters. The maximum absolute atomic E-state index is 11.0. The van der Waals surface area contributed by atoms with Crippen LogP contribution in [-0.4, -0.2) is 17.9 Å². The van der Waals surface area contributed by atoms with Gasteiger partial charge in [0.1, 0.15) is 0 Å². The summed E-state index contributed by atoms with van der Waals surface area (Å²) < 4.78 is 4.49. The molecule has 0 aromatic heterocycles. The van der Waals surface area contributed by atoms with E-state index in [2.05, 4.69) is 18.6 Å². The number of ether oxygens (including phenoxy) is 1. The van der Waals surface area contributed by atoms with Gasteiger partial charge in [0.25, 0.3) is 0 Å². The number of hydrogen-bond donors (Lipinski definition) is 1. The van der Waals surface area contributed by atoms with Gasteiger partial charge in [0, 0.05) is 6.42 Å². The van der Waals surface area contributed by atoms with Gasteiger partial charge in [-0.15, -0.1) is 0 Å². The Morgan fingerprint density at radius 2 is 1.30 bits per heavy atom. The zero-order chi connectivity index (χ0) is 17.2. The lowest BCUT2D eigenvalue weighted by Crippen LogP contribution is -2.04. The van der Waals surface area contributed by atoms with E-state index in [0.29, 0.717) is 6.42 Å². The minimum Gasteiger partial charge on any atom is -0.439 e. The summed E-state index contributed by atoms with van der Waals surface area (Å²) in [4.78, 5) is 11.0. The third-order valence-electron chi connectivity index (χ3n) is 4.60. The lowest BCUT2D eigenvalue weighted by molar-refractivity contribution is -0.151. The highest BCUT2D eigenvalue weighted by molar-refractivity contribution is 5.69. The molecular weight excluding hydrogens is 288 g/mol. The first-order chi connectivity index (χ1) is 11.2. The second kappa shape index (κ2) is 17.8. The number of hydrogen-bond acceptors (Lipinski definition) is 3. The van der Waals surface area contributed by atoms with Crippen LogP contribution in [0.5, 0.6) is 0 Å². The van der Waals surface area contributed by atoms with Crippen molar-refractivity contribution in [1.29, 1.82) is 0 Å². The largest absolute Gasteiger partial charge is 0.439 e. The van der Waals surface area contributed by atoms with Crippen LogP contribution in [0.1, 0.15) is 110 Å². The molecule has 3 heteroatoms. The van der Waals surface area contributed by atoms with Crippen LogP contribution >= 0.6 is 0 Å². The summed E-state index contributed by atoms with van der Waals surface area (Å²) in [6.45, 7) is 4.18. The lowest BCUT2D eigenvalue weighted by atomic mass is 9.96. The maximum atomic E-state index is 11.0. The fourth-order valence-electron chi connectivity index (χ4n) is 3.03. The van der Waals surface area contributed by atoms with Gasteiger partial charge >= 0.3 is 5.97 Å². The van der Waals surface area contributed by atoms with Gasteiger partial charge in [0.05, 0.1) is 0 Å². The zero-order valence-electron chi connectivity index (χ0n) is 15.7. The first-order valence-corrected chi connectivity index (χ1v) is 9.97. The molecule has 0 bridgehead atoms. The number of aliphatic hydroxyl groups is 1. The molecule has 0 saturated heterocycles. The van der Waals surface area contributed by atoms with Crippen molar-refractivity contribution in [3.63, 3.8) is 0 Å². The molecular formula is C20H40O3. The van der Waals surface area contributed by atoms with Gasteiger partial charge in [-0.05, 0) is 12.3 Å². The molecule has 0 fully saturated rings. The van der Waals surface area contributed by atoms with Crippen molar-refractivity contribution >= 4 is 5.97 Å². The summed E-state index contributed by atoms with van der Waals surface area (Å²) >= 11 is 0. The first kappa shape index (κ1) is 22.4. The van der Waals surface area contributed by atoms with Crippen LogP contribution in [0.4, 0.5) is 0 Å². The molecule has 1 atom stereocenters. The lowest BCUT2D eigenvalue weighted by Gasteiger charge is -2.11. The number of esters is 1. The minimum absolute atomic E-state index is 0.281. The molecule has 0 aromatic rings. The van der Waals surface area contributed by atoms with Crippen LogP contribution in [-0.2, 0) is 9.53 Å². The Balaban J connectivity index is 3.20. The average Bonchev–Trinajstić information content (AvgIpc) is 2.53. The SMILES string of the molecule is CCCCCCCCC(C)CCCCCCCCC(=O)OCO. The van der Waals surface area contributed by atoms with Crippen LogP contribution in [0.15, 0.2) is 0 Å². The van der Waals surface area contributed by atoms with E-state index < -0.39 is 6.79 Å². The van der Waals surface area contributed by atoms with Gasteiger partial charge < -0.3 is 9.84 Å². The summed E-state index contributed by atoms with van der Waals surface area (Å²) in [5.74, 6) is 0.602. The first-order valence-electron chi connectivity index (χ1n) is 9.97. The summed E-state index contributed by atoms with van der Waals surface area (Å²) in [7, 11) is 0. The fourth-order valence-corrected chi connectivity index (χ4v) is 3.03. The van der Waals surface area contributed by atoms with Gasteiger partial charge in [-0.25, -0.2) is 0 Å². The standard InChI is InChI=1S/C20H40O3/c1-3-4-5-6-9-12-15-19(2)16-13-10-7-8-11-14-17-20(22)23-18-21/h19,21H,3-18H2,1-2H3. The molecule has 0 aromatic carbocycles. The number of carbonyl (C=O) groups is 1. The van der Waals surface area contributed by atoms with E-state index in [1.54, 1.807) is 0 Å². The third-order valence-corrected chi connectivity index (χ3v) is 4.60. The number of unbranched alkanes of at least 4 members (excludes halogenated alkanes) is 10. The highest BCUT2D eigenvalue weighted by Gasteiger charge is 2.03. The molecule has 138 valence electrons. The van der Waals surface area contributed by atoms with E-state index in [0.717, 1.165) is 18.8 Å². The van der Waals surface area contributed by atoms with Crippen molar-refractivity contribution in [3.8, 4) is 0 Å². The van der Waals surface area contributed by atoms with E-state index in [9.17, 15) is 4.79 Å². The Kier molecular flexibility index (Phi) is 17.3. The van der Waals surface area contributed by atoms with Gasteiger partial charge in [-0.2, -0.15) is 0 Å². The van der Waals surface area contributed by atoms with E-state index in [4.69, 9.17) is 5.11 Å². The predicted molar refractivity (Wildman–Crippen MR) is 97.3 cm³/mol. The zero-order valence-corrected chi connectivity index (χ0v) is 15.7. The van der Waals surface area contributed by atoms with Gasteiger partial charge in [-0.3, -0.25) is 4.79 Å². The van der Waals surface area contributed by atoms with Crippen LogP contribution < -0.4 is 0 Å². The molecule has 23 heavy (non-hydrogen) atoms. The second-order valence-electron chi connectivity index (χ2n) is 6.97. The molecule has 0 aliphatic heterocycles. The predicted octanol–water partition coefficient (Wildman–Crippen LogP) is 5.99. The normalized spacial score (nSPS) is 12.3. The molecule has 0 amide bonds. The molecule has 1 N–H and O–H groups in total. The summed E-state index contributed by atoms with van der Waals surface area (Å²) in [6.07, 6.45) is 18.8. The Bertz CT molecular complexity index is 253. The Labute approximate surface area is 144 Å². The Morgan fingerprint density at radius 1 is 0.826 bits per heavy atom. The van der Waals surface area contributed by atoms with E-state index in [1.807, 2.05) is 0 Å². The minimum atomic E-state index is -0.490. The van der Waals surface area contributed by atoms with E-state index >= 15 is 0 Å². The monoisotopic (exact) mass is 328 g/mol. The summed E-state index contributed by atoms with van der Waals surface area (Å²) in [6, 6.07) is 0. The van der Waals surface area contributed by atoms with Crippen molar-refractivity contribution in [2.75, 3.05) is 6.79 Å². The Hall–Kier alpha value is -0.570. The summed E-state index contributed by atoms with van der Waals surface area (Å²) in [5.41, 5.74) is 0. The van der Waals surface area contributed by atoms with Crippen LogP contribution in [0.25, 0.3) is 0 Å². The van der Waals surface area contributed by atoms with Crippen molar-refractivity contribution in [2.45, 2.75) is 110 Å². The third kappa shape index (κ3) is 17.6. The van der Waals surface area contributed by atoms with Gasteiger partial charge in [-0.1, -0.05) is 97.3 Å². The molecule has 0 radical (unpaired) electrons. The highest BCUT2D eigenvalue weighted by atomic mass is 16.6. The van der Waals surface area contributed by atoms with Gasteiger partial charge in [0.15, 0.2) is 6.79 Å². The van der Waals surface area contributed by atoms with Crippen molar-refractivity contribution in [1.82, 2.24) is 0 Å². The quantitative estimate of drug-likeness (QED) is 0.203.